The van der Waals surface area contributed by atoms with Crippen molar-refractivity contribution in [3.05, 3.63) is 72.9 Å². The number of hydrogen-bond acceptors (Lipinski definition) is 5. The highest BCUT2D eigenvalue weighted by Gasteiger charge is 2.16. The van der Waals surface area contributed by atoms with Crippen LogP contribution in [0.25, 0.3) is 0 Å². The van der Waals surface area contributed by atoms with Crippen LogP contribution in [-0.4, -0.2) is 51.5 Å². The van der Waals surface area contributed by atoms with Gasteiger partial charge in [0.25, 0.3) is 0 Å². The molecule has 2 atom stereocenters. The molecule has 0 aromatic rings. The number of aliphatic hydroxyl groups is 3. The van der Waals surface area contributed by atoms with Crippen LogP contribution < -0.4 is 0 Å². The van der Waals surface area contributed by atoms with Gasteiger partial charge in [-0.1, -0.05) is 79.8 Å². The molecule has 0 aliphatic heterocycles. The first kappa shape index (κ1) is 27.8. The molecule has 0 aromatic heterocycles. The van der Waals surface area contributed by atoms with E-state index in [1.807, 2.05) is 67.7 Å². The van der Waals surface area contributed by atoms with E-state index in [-0.39, 0.29) is 13.0 Å². The van der Waals surface area contributed by atoms with E-state index >= 15 is 0 Å². The van der Waals surface area contributed by atoms with Crippen molar-refractivity contribution in [1.29, 1.82) is 0 Å². The monoisotopic (exact) mass is 420 g/mol. The van der Waals surface area contributed by atoms with Crippen molar-refractivity contribution < 1.29 is 30.0 Å². The van der Waals surface area contributed by atoms with Crippen molar-refractivity contribution in [3.63, 3.8) is 0 Å². The van der Waals surface area contributed by atoms with Gasteiger partial charge in [0.2, 0.25) is 0 Å². The zero-order valence-corrected chi connectivity index (χ0v) is 17.7. The average Bonchev–Trinajstić information content (AvgIpc) is 2.70. The Kier molecular flexibility index (Phi) is 18.5. The summed E-state index contributed by atoms with van der Waals surface area (Å²) < 4.78 is 5.35. The fraction of sp³-hybridized carbons (Fsp3) is 0.458. The topological polar surface area (TPSA) is 107 Å². The maximum absolute atomic E-state index is 10.4. The number of allylic oxidation sites excluding steroid dienone is 10. The van der Waals surface area contributed by atoms with E-state index in [2.05, 4.69) is 0 Å². The lowest BCUT2D eigenvalue weighted by molar-refractivity contribution is -0.136. The fourth-order valence-corrected chi connectivity index (χ4v) is 2.26. The SMILES string of the molecule is CC/C=C\CC(O)C(/C=C/C=C/C=C\C/C=C\C/C=C\CCC(=O)O)OCC(O)O. The predicted octanol–water partition coefficient (Wildman–Crippen LogP) is 3.83. The molecule has 0 saturated carbocycles. The summed E-state index contributed by atoms with van der Waals surface area (Å²) in [6.07, 6.45) is 23.4. The summed E-state index contributed by atoms with van der Waals surface area (Å²) in [4.78, 5) is 10.4. The van der Waals surface area contributed by atoms with Gasteiger partial charge < -0.3 is 25.2 Å². The second-order valence-electron chi connectivity index (χ2n) is 6.51. The Hall–Kier alpha value is -2.25. The summed E-state index contributed by atoms with van der Waals surface area (Å²) in [5.74, 6) is -0.782. The first-order chi connectivity index (χ1) is 14.5. The van der Waals surface area contributed by atoms with Gasteiger partial charge in [0.05, 0.1) is 12.7 Å². The molecule has 0 heterocycles. The maximum atomic E-state index is 10.4. The fourth-order valence-electron chi connectivity index (χ4n) is 2.26. The molecule has 168 valence electrons. The van der Waals surface area contributed by atoms with Crippen LogP contribution in [0.15, 0.2) is 72.9 Å². The molecular weight excluding hydrogens is 384 g/mol. The highest BCUT2D eigenvalue weighted by atomic mass is 16.6. The molecule has 2 unspecified atom stereocenters. The predicted molar refractivity (Wildman–Crippen MR) is 120 cm³/mol. The zero-order chi connectivity index (χ0) is 22.5. The Morgan fingerprint density at radius 2 is 1.53 bits per heavy atom. The minimum absolute atomic E-state index is 0.162. The van der Waals surface area contributed by atoms with Gasteiger partial charge >= 0.3 is 5.97 Å². The molecule has 6 heteroatoms. The number of hydrogen-bond donors (Lipinski definition) is 4. The highest BCUT2D eigenvalue weighted by molar-refractivity contribution is 5.66. The van der Waals surface area contributed by atoms with Gasteiger partial charge in [0.1, 0.15) is 6.10 Å². The zero-order valence-electron chi connectivity index (χ0n) is 17.7. The van der Waals surface area contributed by atoms with Gasteiger partial charge in [-0.2, -0.15) is 0 Å². The third-order valence-electron chi connectivity index (χ3n) is 3.77. The Labute approximate surface area is 179 Å². The van der Waals surface area contributed by atoms with Crippen molar-refractivity contribution in [2.75, 3.05) is 6.61 Å². The molecule has 0 saturated heterocycles. The number of carbonyl (C=O) groups is 1. The van der Waals surface area contributed by atoms with E-state index < -0.39 is 24.5 Å². The summed E-state index contributed by atoms with van der Waals surface area (Å²) in [7, 11) is 0. The Morgan fingerprint density at radius 3 is 2.20 bits per heavy atom. The molecule has 6 nitrogen and oxygen atoms in total. The van der Waals surface area contributed by atoms with Crippen molar-refractivity contribution in [2.24, 2.45) is 0 Å². The van der Waals surface area contributed by atoms with Crippen LogP contribution in [0.2, 0.25) is 0 Å². The molecule has 0 radical (unpaired) electrons. The van der Waals surface area contributed by atoms with Gasteiger partial charge in [-0.05, 0) is 32.1 Å². The number of ether oxygens (including phenoxy) is 1. The van der Waals surface area contributed by atoms with E-state index in [0.717, 1.165) is 19.3 Å². The third kappa shape index (κ3) is 19.1. The largest absolute Gasteiger partial charge is 0.481 e. The van der Waals surface area contributed by atoms with Crippen LogP contribution in [0.5, 0.6) is 0 Å². The number of carboxylic acid groups (broad SMARTS) is 1. The molecule has 30 heavy (non-hydrogen) atoms. The van der Waals surface area contributed by atoms with E-state index in [1.165, 1.54) is 0 Å². The Balaban J connectivity index is 4.27. The molecule has 4 N–H and O–H groups in total. The van der Waals surface area contributed by atoms with Gasteiger partial charge in [0.15, 0.2) is 6.29 Å². The van der Waals surface area contributed by atoms with Crippen molar-refractivity contribution in [2.45, 2.75) is 63.9 Å². The molecular formula is C24H36O6. The van der Waals surface area contributed by atoms with E-state index in [1.54, 1.807) is 12.2 Å². The van der Waals surface area contributed by atoms with Crippen LogP contribution in [0.1, 0.15) is 45.4 Å². The Bertz CT molecular complexity index is 599. The number of carboxylic acids is 1. The van der Waals surface area contributed by atoms with E-state index in [9.17, 15) is 9.90 Å². The molecule has 0 bridgehead atoms. The van der Waals surface area contributed by atoms with Gasteiger partial charge in [-0.25, -0.2) is 0 Å². The molecule has 0 rings (SSSR count). The summed E-state index contributed by atoms with van der Waals surface area (Å²) >= 11 is 0. The van der Waals surface area contributed by atoms with Gasteiger partial charge in [-0.3, -0.25) is 4.79 Å². The third-order valence-corrected chi connectivity index (χ3v) is 3.77. The van der Waals surface area contributed by atoms with Crippen LogP contribution in [0, 0.1) is 0 Å². The first-order valence-corrected chi connectivity index (χ1v) is 10.3. The van der Waals surface area contributed by atoms with Crippen LogP contribution >= 0.6 is 0 Å². The highest BCUT2D eigenvalue weighted by Crippen LogP contribution is 2.08. The lowest BCUT2D eigenvalue weighted by Crippen LogP contribution is -2.30. The van der Waals surface area contributed by atoms with Gasteiger partial charge in [-0.15, -0.1) is 0 Å². The smallest absolute Gasteiger partial charge is 0.303 e. The van der Waals surface area contributed by atoms with Crippen molar-refractivity contribution in [1.82, 2.24) is 0 Å². The van der Waals surface area contributed by atoms with Crippen LogP contribution in [-0.2, 0) is 9.53 Å². The molecule has 0 aliphatic rings. The van der Waals surface area contributed by atoms with Crippen LogP contribution in [0.4, 0.5) is 0 Å². The minimum atomic E-state index is -1.58. The van der Waals surface area contributed by atoms with E-state index in [0.29, 0.717) is 12.8 Å². The molecule has 0 amide bonds. The molecule has 0 aliphatic carbocycles. The molecule has 0 fully saturated rings. The van der Waals surface area contributed by atoms with Gasteiger partial charge in [0, 0.05) is 6.42 Å². The molecule has 0 spiro atoms. The minimum Gasteiger partial charge on any atom is -0.481 e. The van der Waals surface area contributed by atoms with Crippen molar-refractivity contribution in [3.8, 4) is 0 Å². The number of aliphatic hydroxyl groups excluding tert-OH is 2. The van der Waals surface area contributed by atoms with Crippen LogP contribution in [0.3, 0.4) is 0 Å². The number of aliphatic carboxylic acids is 1. The summed E-state index contributed by atoms with van der Waals surface area (Å²) in [6, 6.07) is 0. The maximum Gasteiger partial charge on any atom is 0.303 e. The summed E-state index contributed by atoms with van der Waals surface area (Å²) in [6.45, 7) is 1.74. The normalized spacial score (nSPS) is 15.2. The number of rotatable bonds is 17. The quantitative estimate of drug-likeness (QED) is 0.162. The van der Waals surface area contributed by atoms with Crippen molar-refractivity contribution >= 4 is 5.97 Å². The Morgan fingerprint density at radius 1 is 0.867 bits per heavy atom. The first-order valence-electron chi connectivity index (χ1n) is 10.3. The summed E-state index contributed by atoms with van der Waals surface area (Å²) in [5, 5.41) is 36.6. The van der Waals surface area contributed by atoms with E-state index in [4.69, 9.17) is 20.1 Å². The standard InChI is InChI=1S/C24H36O6/c1-2-3-14-17-21(25)22(30-20-24(28)29)18-15-12-10-8-6-4-5-7-9-11-13-16-19-23(26)27/h3,5-8,10-15,18,21-22,24-25,28-29H,2,4,9,16-17,19-20H2,1H3,(H,26,27)/b7-5-,8-6-,12-10+,13-11-,14-3-,18-15+. The summed E-state index contributed by atoms with van der Waals surface area (Å²) in [5.41, 5.74) is 0. The second kappa shape index (κ2) is 20.0. The second-order valence-corrected chi connectivity index (χ2v) is 6.51. The lowest BCUT2D eigenvalue weighted by atomic mass is 10.1. The molecule has 0 aromatic carbocycles. The average molecular weight is 421 g/mol. The lowest BCUT2D eigenvalue weighted by Gasteiger charge is -2.20.